The number of ether oxygens (including phenoxy) is 2. The molecule has 6 heteroatoms. The summed E-state index contributed by atoms with van der Waals surface area (Å²) in [6.07, 6.45) is 3.91. The van der Waals surface area contributed by atoms with Crippen molar-refractivity contribution in [1.29, 1.82) is 0 Å². The van der Waals surface area contributed by atoms with Crippen molar-refractivity contribution < 1.29 is 14.3 Å². The van der Waals surface area contributed by atoms with Crippen LogP contribution in [-0.4, -0.2) is 44.5 Å². The number of carbonyl (C=O) groups is 1. The van der Waals surface area contributed by atoms with Crippen LogP contribution in [0.5, 0.6) is 11.5 Å². The maximum absolute atomic E-state index is 13.2. The van der Waals surface area contributed by atoms with Gasteiger partial charge in [0.2, 0.25) is 0 Å². The van der Waals surface area contributed by atoms with Gasteiger partial charge in [-0.1, -0.05) is 19.1 Å². The molecule has 1 aliphatic rings. The highest BCUT2D eigenvalue weighted by Gasteiger charge is 2.25. The predicted molar refractivity (Wildman–Crippen MR) is 124 cm³/mol. The fraction of sp³-hybridized carbons (Fsp3) is 0.261. The van der Waals surface area contributed by atoms with E-state index >= 15 is 0 Å². The van der Waals surface area contributed by atoms with Gasteiger partial charge in [0.1, 0.15) is 11.5 Å². The molecule has 152 valence electrons. The molecule has 1 aliphatic heterocycles. The third kappa shape index (κ3) is 5.18. The van der Waals surface area contributed by atoms with E-state index in [0.717, 1.165) is 49.3 Å². The van der Waals surface area contributed by atoms with E-state index in [9.17, 15) is 4.79 Å². The third-order valence-electron chi connectivity index (χ3n) is 4.85. The molecule has 2 aromatic carbocycles. The van der Waals surface area contributed by atoms with Crippen molar-refractivity contribution in [1.82, 2.24) is 4.90 Å². The number of Topliss-reactive ketones (excluding diaryl/α,β-unsaturated/α-hetero) is 1. The van der Waals surface area contributed by atoms with Crippen molar-refractivity contribution in [2.24, 2.45) is 0 Å². The lowest BCUT2D eigenvalue weighted by Crippen LogP contribution is -2.37. The maximum Gasteiger partial charge on any atom is 0.187 e. The van der Waals surface area contributed by atoms with Crippen molar-refractivity contribution >= 4 is 49.8 Å². The Morgan fingerprint density at radius 3 is 1.72 bits per heavy atom. The molecule has 1 heterocycles. The normalized spacial score (nSPS) is 17.8. The lowest BCUT2D eigenvalue weighted by Gasteiger charge is -2.28. The van der Waals surface area contributed by atoms with Gasteiger partial charge in [-0.3, -0.25) is 9.69 Å². The first-order valence-electron chi connectivity index (χ1n) is 9.30. The third-order valence-corrected chi connectivity index (χ3v) is 6.16. The first-order chi connectivity index (χ1) is 13.9. The van der Waals surface area contributed by atoms with Crippen molar-refractivity contribution in [2.45, 2.75) is 6.92 Å². The van der Waals surface area contributed by atoms with Crippen LogP contribution in [0, 0.1) is 0 Å². The number of likely N-dealkylation sites (tertiary alicyclic amines) is 1. The van der Waals surface area contributed by atoms with E-state index < -0.39 is 0 Å². The number of hydrogen-bond acceptors (Lipinski definition) is 4. The van der Waals surface area contributed by atoms with Gasteiger partial charge in [-0.25, -0.2) is 0 Å². The highest BCUT2D eigenvalue weighted by Crippen LogP contribution is 2.30. The summed E-state index contributed by atoms with van der Waals surface area (Å²) in [5.41, 5.74) is 3.43. The summed E-state index contributed by atoms with van der Waals surface area (Å²) >= 11 is 6.94. The van der Waals surface area contributed by atoms with E-state index in [0.29, 0.717) is 13.1 Å². The van der Waals surface area contributed by atoms with E-state index in [2.05, 4.69) is 43.7 Å². The van der Waals surface area contributed by atoms with E-state index in [1.165, 1.54) is 0 Å². The molecule has 0 unspecified atom stereocenters. The topological polar surface area (TPSA) is 38.8 Å². The molecule has 0 bridgehead atoms. The van der Waals surface area contributed by atoms with Crippen LogP contribution in [0.4, 0.5) is 0 Å². The highest BCUT2D eigenvalue weighted by molar-refractivity contribution is 9.10. The van der Waals surface area contributed by atoms with Gasteiger partial charge < -0.3 is 9.47 Å². The molecule has 1 fully saturated rings. The van der Waals surface area contributed by atoms with Crippen LogP contribution < -0.4 is 9.47 Å². The van der Waals surface area contributed by atoms with Gasteiger partial charge in [0, 0.05) is 24.2 Å². The SMILES string of the molecule is CCN1CC(=Cc2ccc(Br)c(OC)c2)C(=O)C(=Cc2ccc(Br)c(OC)c2)C1. The zero-order valence-corrected chi connectivity index (χ0v) is 19.8. The lowest BCUT2D eigenvalue weighted by atomic mass is 9.94. The number of methoxy groups -OCH3 is 2. The largest absolute Gasteiger partial charge is 0.496 e. The molecular formula is C23H23Br2NO3. The zero-order chi connectivity index (χ0) is 21.0. The number of hydrogen-bond donors (Lipinski definition) is 0. The second-order valence-corrected chi connectivity index (χ2v) is 8.47. The van der Waals surface area contributed by atoms with E-state index in [-0.39, 0.29) is 5.78 Å². The molecule has 0 saturated carbocycles. The van der Waals surface area contributed by atoms with Crippen molar-refractivity contribution in [3.63, 3.8) is 0 Å². The Morgan fingerprint density at radius 1 is 0.897 bits per heavy atom. The molecule has 29 heavy (non-hydrogen) atoms. The molecule has 1 saturated heterocycles. The van der Waals surface area contributed by atoms with Gasteiger partial charge in [0.15, 0.2) is 5.78 Å². The van der Waals surface area contributed by atoms with Crippen LogP contribution in [-0.2, 0) is 4.79 Å². The molecule has 0 radical (unpaired) electrons. The maximum atomic E-state index is 13.2. The predicted octanol–water partition coefficient (Wildman–Crippen LogP) is 5.60. The van der Waals surface area contributed by atoms with Crippen LogP contribution in [0.2, 0.25) is 0 Å². The standard InChI is InChI=1S/C23H23Br2NO3/c1-4-26-13-17(9-15-5-7-19(24)21(11-15)28-2)23(27)18(14-26)10-16-6-8-20(25)22(12-16)29-3/h5-12H,4,13-14H2,1-3H3. The quantitative estimate of drug-likeness (QED) is 0.481. The van der Waals surface area contributed by atoms with E-state index in [1.807, 2.05) is 48.6 Å². The van der Waals surface area contributed by atoms with E-state index in [4.69, 9.17) is 9.47 Å². The van der Waals surface area contributed by atoms with Gasteiger partial charge in [-0.2, -0.15) is 0 Å². The van der Waals surface area contributed by atoms with Gasteiger partial charge >= 0.3 is 0 Å². The minimum absolute atomic E-state index is 0.0819. The number of rotatable bonds is 5. The smallest absolute Gasteiger partial charge is 0.187 e. The van der Waals surface area contributed by atoms with Crippen LogP contribution in [0.1, 0.15) is 18.1 Å². The molecule has 0 spiro atoms. The molecule has 0 N–H and O–H groups in total. The Bertz CT molecular complexity index is 907. The minimum Gasteiger partial charge on any atom is -0.496 e. The van der Waals surface area contributed by atoms with Crippen LogP contribution in [0.3, 0.4) is 0 Å². The summed E-state index contributed by atoms with van der Waals surface area (Å²) in [6, 6.07) is 11.7. The molecule has 3 rings (SSSR count). The molecule has 0 atom stereocenters. The van der Waals surface area contributed by atoms with Gasteiger partial charge in [0.25, 0.3) is 0 Å². The number of nitrogens with zero attached hydrogens (tertiary/aromatic N) is 1. The molecule has 0 aromatic heterocycles. The van der Waals surface area contributed by atoms with Crippen molar-refractivity contribution in [2.75, 3.05) is 33.9 Å². The van der Waals surface area contributed by atoms with Crippen LogP contribution >= 0.6 is 31.9 Å². The Hall–Kier alpha value is -1.89. The summed E-state index contributed by atoms with van der Waals surface area (Å²) in [5.74, 6) is 1.57. The zero-order valence-electron chi connectivity index (χ0n) is 16.7. The summed E-state index contributed by atoms with van der Waals surface area (Å²) in [7, 11) is 3.27. The molecule has 4 nitrogen and oxygen atoms in total. The molecule has 0 aliphatic carbocycles. The summed E-state index contributed by atoms with van der Waals surface area (Å²) in [4.78, 5) is 15.4. The van der Waals surface area contributed by atoms with Gasteiger partial charge in [-0.05, 0) is 85.9 Å². The average molecular weight is 521 g/mol. The average Bonchev–Trinajstić information content (AvgIpc) is 2.73. The summed E-state index contributed by atoms with van der Waals surface area (Å²) < 4.78 is 12.5. The number of carbonyl (C=O) groups excluding carboxylic acids is 1. The number of ketones is 1. The fourth-order valence-electron chi connectivity index (χ4n) is 3.27. The Morgan fingerprint density at radius 2 is 1.34 bits per heavy atom. The first-order valence-corrected chi connectivity index (χ1v) is 10.9. The molecule has 0 amide bonds. The Kier molecular flexibility index (Phi) is 7.33. The number of benzene rings is 2. The van der Waals surface area contributed by atoms with Crippen molar-refractivity contribution in [3.8, 4) is 11.5 Å². The number of piperidine rings is 1. The highest BCUT2D eigenvalue weighted by atomic mass is 79.9. The second kappa shape index (κ2) is 9.74. The Balaban J connectivity index is 1.97. The number of halogens is 2. The van der Waals surface area contributed by atoms with Crippen molar-refractivity contribution in [3.05, 3.63) is 67.6 Å². The first kappa shape index (κ1) is 21.8. The number of likely N-dealkylation sites (N-methyl/N-ethyl adjacent to an activating group) is 1. The molecular weight excluding hydrogens is 498 g/mol. The lowest BCUT2D eigenvalue weighted by molar-refractivity contribution is -0.113. The minimum atomic E-state index is 0.0819. The fourth-order valence-corrected chi connectivity index (χ4v) is 4.09. The molecule has 2 aromatic rings. The van der Waals surface area contributed by atoms with E-state index in [1.54, 1.807) is 14.2 Å². The van der Waals surface area contributed by atoms with Crippen LogP contribution in [0.15, 0.2) is 56.5 Å². The monoisotopic (exact) mass is 519 g/mol. The second-order valence-electron chi connectivity index (χ2n) is 6.76. The Labute approximate surface area is 188 Å². The van der Waals surface area contributed by atoms with Crippen LogP contribution in [0.25, 0.3) is 12.2 Å². The van der Waals surface area contributed by atoms with Gasteiger partial charge in [0.05, 0.1) is 23.2 Å². The summed E-state index contributed by atoms with van der Waals surface area (Å²) in [6.45, 7) is 4.25. The summed E-state index contributed by atoms with van der Waals surface area (Å²) in [5, 5.41) is 0. The van der Waals surface area contributed by atoms with Gasteiger partial charge in [-0.15, -0.1) is 0 Å².